The standard InChI is InChI=1S/C23H24F6N8O3/c1-12-6-30-17(37-4-3-36(10-18(37)38)21-31-7-14(8-32-21)22(24,25)26)5-16(12)40-11-13(2)34-15-9-33-35-20(39)19(15)23(27,28)29/h5-9,13,18,38H,3-4,10-11H2,1-2H3,(H2,34,35,39)/t13-,18-/m0/s1. The van der Waals surface area contributed by atoms with E-state index in [0.717, 1.165) is 6.20 Å². The van der Waals surface area contributed by atoms with Crippen molar-refractivity contribution in [3.8, 4) is 5.75 Å². The number of alkyl halides is 6. The fourth-order valence-corrected chi connectivity index (χ4v) is 3.96. The number of aromatic amines is 1. The molecule has 1 saturated heterocycles. The van der Waals surface area contributed by atoms with Crippen LogP contribution < -0.4 is 25.4 Å². The van der Waals surface area contributed by atoms with E-state index in [2.05, 4.69) is 25.4 Å². The van der Waals surface area contributed by atoms with Crippen LogP contribution in [0.2, 0.25) is 0 Å². The Hall–Kier alpha value is -4.15. The van der Waals surface area contributed by atoms with Crippen molar-refractivity contribution in [3.63, 3.8) is 0 Å². The van der Waals surface area contributed by atoms with Crippen LogP contribution in [0.15, 0.2) is 35.6 Å². The zero-order chi connectivity index (χ0) is 29.2. The van der Waals surface area contributed by atoms with Gasteiger partial charge in [-0.2, -0.15) is 31.4 Å². The van der Waals surface area contributed by atoms with Gasteiger partial charge in [-0.25, -0.2) is 20.1 Å². The largest absolute Gasteiger partial charge is 0.491 e. The molecule has 4 rings (SSSR count). The Balaban J connectivity index is 1.40. The molecular weight excluding hydrogens is 550 g/mol. The molecule has 0 saturated carbocycles. The molecule has 3 N–H and O–H groups in total. The summed E-state index contributed by atoms with van der Waals surface area (Å²) in [6.07, 6.45) is -6.83. The smallest absolute Gasteiger partial charge is 0.423 e. The minimum Gasteiger partial charge on any atom is -0.491 e. The fourth-order valence-electron chi connectivity index (χ4n) is 3.96. The van der Waals surface area contributed by atoms with Crippen molar-refractivity contribution in [1.82, 2.24) is 25.1 Å². The van der Waals surface area contributed by atoms with Crippen molar-refractivity contribution in [2.45, 2.75) is 38.5 Å². The molecule has 2 atom stereocenters. The molecular formula is C23H24F6N8O3. The van der Waals surface area contributed by atoms with Crippen LogP contribution in [-0.4, -0.2) is 68.8 Å². The van der Waals surface area contributed by atoms with Gasteiger partial charge < -0.3 is 25.0 Å². The third kappa shape index (κ3) is 6.52. The van der Waals surface area contributed by atoms with Crippen molar-refractivity contribution in [3.05, 3.63) is 57.9 Å². The molecule has 1 aliphatic heterocycles. The second-order valence-corrected chi connectivity index (χ2v) is 9.04. The molecule has 1 fully saturated rings. The predicted molar refractivity (Wildman–Crippen MR) is 130 cm³/mol. The van der Waals surface area contributed by atoms with Gasteiger partial charge in [0.25, 0.3) is 5.56 Å². The SMILES string of the molecule is Cc1cnc(N2CCN(c3ncc(C(F)(F)F)cn3)C[C@@H]2O)cc1OC[C@H](C)Nc1cn[nH]c(=O)c1C(F)(F)F. The lowest BCUT2D eigenvalue weighted by atomic mass is 10.2. The fraction of sp³-hybridized carbons (Fsp3) is 0.435. The second-order valence-electron chi connectivity index (χ2n) is 9.04. The van der Waals surface area contributed by atoms with E-state index in [4.69, 9.17) is 4.74 Å². The van der Waals surface area contributed by atoms with Crippen molar-refractivity contribution < 1.29 is 36.2 Å². The average molecular weight is 574 g/mol. The molecule has 0 bridgehead atoms. The zero-order valence-corrected chi connectivity index (χ0v) is 21.1. The monoisotopic (exact) mass is 574 g/mol. The summed E-state index contributed by atoms with van der Waals surface area (Å²) in [7, 11) is 0. The summed E-state index contributed by atoms with van der Waals surface area (Å²) in [5, 5.41) is 18.5. The van der Waals surface area contributed by atoms with E-state index < -0.39 is 47.0 Å². The van der Waals surface area contributed by atoms with E-state index in [9.17, 15) is 36.2 Å². The van der Waals surface area contributed by atoms with E-state index in [1.165, 1.54) is 6.20 Å². The van der Waals surface area contributed by atoms with Gasteiger partial charge in [0.1, 0.15) is 30.0 Å². The summed E-state index contributed by atoms with van der Waals surface area (Å²) < 4.78 is 84.0. The number of aromatic nitrogens is 5. The Bertz CT molecular complexity index is 1380. The van der Waals surface area contributed by atoms with Crippen molar-refractivity contribution in [2.24, 2.45) is 0 Å². The number of hydrogen-bond acceptors (Lipinski definition) is 10. The zero-order valence-electron chi connectivity index (χ0n) is 21.1. The number of nitrogens with one attached hydrogen (secondary N) is 2. The summed E-state index contributed by atoms with van der Waals surface area (Å²) in [6, 6.07) is 0.893. The number of nitrogens with zero attached hydrogens (tertiary/aromatic N) is 6. The first-order chi connectivity index (χ1) is 18.7. The lowest BCUT2D eigenvalue weighted by Gasteiger charge is -2.39. The Morgan fingerprint density at radius 1 is 1.10 bits per heavy atom. The van der Waals surface area contributed by atoms with Gasteiger partial charge in [0.2, 0.25) is 5.95 Å². The summed E-state index contributed by atoms with van der Waals surface area (Å²) in [5.74, 6) is 0.748. The van der Waals surface area contributed by atoms with Crippen LogP contribution in [0.4, 0.5) is 43.8 Å². The molecule has 216 valence electrons. The molecule has 0 aliphatic carbocycles. The molecule has 0 radical (unpaired) electrons. The first-order valence-corrected chi connectivity index (χ1v) is 11.8. The first-order valence-electron chi connectivity index (χ1n) is 11.8. The molecule has 0 unspecified atom stereocenters. The number of rotatable bonds is 7. The number of anilines is 3. The lowest BCUT2D eigenvalue weighted by molar-refractivity contribution is -0.139. The highest BCUT2D eigenvalue weighted by molar-refractivity contribution is 5.51. The first kappa shape index (κ1) is 28.8. The molecule has 1 aliphatic rings. The molecule has 0 spiro atoms. The van der Waals surface area contributed by atoms with Crippen LogP contribution in [0, 0.1) is 6.92 Å². The Labute approximate surface area is 222 Å². The van der Waals surface area contributed by atoms with Gasteiger partial charge in [-0.05, 0) is 13.8 Å². The number of piperazine rings is 1. The molecule has 17 heteroatoms. The highest BCUT2D eigenvalue weighted by atomic mass is 19.4. The summed E-state index contributed by atoms with van der Waals surface area (Å²) in [5.41, 5.74) is -3.62. The average Bonchev–Trinajstić information content (AvgIpc) is 2.87. The van der Waals surface area contributed by atoms with Gasteiger partial charge in [-0.3, -0.25) is 4.79 Å². The Kier molecular flexibility index (Phi) is 8.04. The normalized spacial score (nSPS) is 17.1. The van der Waals surface area contributed by atoms with Crippen LogP contribution >= 0.6 is 0 Å². The molecule has 40 heavy (non-hydrogen) atoms. The molecule has 3 aromatic rings. The number of pyridine rings is 1. The lowest BCUT2D eigenvalue weighted by Crippen LogP contribution is -2.54. The number of hydrogen-bond donors (Lipinski definition) is 3. The second kappa shape index (κ2) is 11.1. The van der Waals surface area contributed by atoms with Crippen molar-refractivity contribution in [1.29, 1.82) is 0 Å². The quantitative estimate of drug-likeness (QED) is 0.362. The topological polar surface area (TPSA) is 132 Å². The van der Waals surface area contributed by atoms with Gasteiger partial charge >= 0.3 is 12.4 Å². The maximum atomic E-state index is 13.3. The number of aryl methyl sites for hydroxylation is 1. The van der Waals surface area contributed by atoms with Crippen LogP contribution in [0.1, 0.15) is 23.6 Å². The van der Waals surface area contributed by atoms with E-state index in [-0.39, 0.29) is 32.2 Å². The highest BCUT2D eigenvalue weighted by Crippen LogP contribution is 2.32. The summed E-state index contributed by atoms with van der Waals surface area (Å²) >= 11 is 0. The minimum atomic E-state index is -4.89. The Morgan fingerprint density at radius 2 is 1.80 bits per heavy atom. The third-order valence-corrected chi connectivity index (χ3v) is 5.97. The minimum absolute atomic E-state index is 0.0101. The van der Waals surface area contributed by atoms with Gasteiger partial charge in [-0.1, -0.05) is 0 Å². The van der Waals surface area contributed by atoms with Crippen LogP contribution in [0.25, 0.3) is 0 Å². The number of aliphatic hydroxyl groups is 1. The van der Waals surface area contributed by atoms with E-state index in [1.54, 1.807) is 34.8 Å². The molecule has 11 nitrogen and oxygen atoms in total. The van der Waals surface area contributed by atoms with E-state index in [1.807, 2.05) is 0 Å². The molecule has 4 heterocycles. The number of ether oxygens (including phenoxy) is 1. The maximum Gasteiger partial charge on any atom is 0.423 e. The number of H-pyrrole nitrogens is 1. The predicted octanol–water partition coefficient (Wildman–Crippen LogP) is 2.83. The number of aliphatic hydroxyl groups excluding tert-OH is 1. The molecule has 0 amide bonds. The van der Waals surface area contributed by atoms with Gasteiger partial charge in [0.05, 0.1) is 30.0 Å². The molecule has 0 aromatic carbocycles. The number of halogens is 6. The van der Waals surface area contributed by atoms with Crippen molar-refractivity contribution in [2.75, 3.05) is 41.4 Å². The van der Waals surface area contributed by atoms with E-state index >= 15 is 0 Å². The third-order valence-electron chi connectivity index (χ3n) is 5.97. The van der Waals surface area contributed by atoms with Crippen molar-refractivity contribution >= 4 is 17.5 Å². The van der Waals surface area contributed by atoms with Gasteiger partial charge in [0, 0.05) is 43.3 Å². The number of β-amino-alcohol motifs (C(OH)–C–C–N with tert-alkyl or cyclic N) is 1. The molecule has 3 aromatic heterocycles. The maximum absolute atomic E-state index is 13.3. The Morgan fingerprint density at radius 3 is 2.42 bits per heavy atom. The van der Waals surface area contributed by atoms with Crippen LogP contribution in [0.5, 0.6) is 5.75 Å². The van der Waals surface area contributed by atoms with Crippen LogP contribution in [0.3, 0.4) is 0 Å². The van der Waals surface area contributed by atoms with Crippen LogP contribution in [-0.2, 0) is 12.4 Å². The van der Waals surface area contributed by atoms with Gasteiger partial charge in [0.15, 0.2) is 0 Å². The highest BCUT2D eigenvalue weighted by Gasteiger charge is 2.38. The summed E-state index contributed by atoms with van der Waals surface area (Å²) in [6.45, 7) is 3.68. The van der Waals surface area contributed by atoms with Gasteiger partial charge in [-0.15, -0.1) is 0 Å². The van der Waals surface area contributed by atoms with E-state index in [0.29, 0.717) is 29.5 Å². The summed E-state index contributed by atoms with van der Waals surface area (Å²) in [4.78, 5) is 26.6.